The minimum atomic E-state index is 0.0684. The molecule has 1 fully saturated rings. The van der Waals surface area contributed by atoms with Crippen molar-refractivity contribution >= 4 is 0 Å². The molecule has 2 nitrogen and oxygen atoms in total. The Kier molecular flexibility index (Phi) is 5.00. The molecule has 0 saturated heterocycles. The Morgan fingerprint density at radius 3 is 2.68 bits per heavy atom. The van der Waals surface area contributed by atoms with E-state index in [0.29, 0.717) is 6.04 Å². The van der Waals surface area contributed by atoms with E-state index in [9.17, 15) is 0 Å². The highest BCUT2D eigenvalue weighted by Crippen LogP contribution is 2.39. The molecule has 106 valence electrons. The van der Waals surface area contributed by atoms with Crippen molar-refractivity contribution in [3.63, 3.8) is 0 Å². The lowest BCUT2D eigenvalue weighted by Gasteiger charge is -2.47. The van der Waals surface area contributed by atoms with Crippen LogP contribution in [0, 0.1) is 6.92 Å². The molecule has 0 aliphatic heterocycles. The number of methoxy groups -OCH3 is 1. The molecule has 0 heterocycles. The summed E-state index contributed by atoms with van der Waals surface area (Å²) in [6.45, 7) is 5.45. The Morgan fingerprint density at radius 1 is 1.37 bits per heavy atom. The summed E-state index contributed by atoms with van der Waals surface area (Å²) in [5.41, 5.74) is 2.82. The predicted octanol–water partition coefficient (Wildman–Crippen LogP) is 3.47. The molecule has 1 aliphatic carbocycles. The summed E-state index contributed by atoms with van der Waals surface area (Å²) in [6.07, 6.45) is 5.92. The summed E-state index contributed by atoms with van der Waals surface area (Å²) in [4.78, 5) is 0. The fourth-order valence-corrected chi connectivity index (χ4v) is 3.06. The molecule has 1 atom stereocenters. The zero-order valence-corrected chi connectivity index (χ0v) is 12.5. The van der Waals surface area contributed by atoms with Gasteiger partial charge in [0.15, 0.2) is 0 Å². The van der Waals surface area contributed by atoms with Crippen LogP contribution in [0.5, 0.6) is 0 Å². The van der Waals surface area contributed by atoms with Crippen molar-refractivity contribution in [3.8, 4) is 0 Å². The van der Waals surface area contributed by atoms with E-state index >= 15 is 0 Å². The molecule has 0 radical (unpaired) electrons. The van der Waals surface area contributed by atoms with Gasteiger partial charge >= 0.3 is 0 Å². The van der Waals surface area contributed by atoms with E-state index in [1.54, 1.807) is 0 Å². The molecule has 2 rings (SSSR count). The fourth-order valence-electron chi connectivity index (χ4n) is 3.06. The Bertz CT molecular complexity index is 392. The van der Waals surface area contributed by atoms with Gasteiger partial charge in [-0.1, -0.05) is 36.8 Å². The van der Waals surface area contributed by atoms with Crippen LogP contribution in [0.2, 0.25) is 0 Å². The highest BCUT2D eigenvalue weighted by Gasteiger charge is 2.43. The Morgan fingerprint density at radius 2 is 2.16 bits per heavy atom. The molecule has 0 aromatic heterocycles. The van der Waals surface area contributed by atoms with Crippen molar-refractivity contribution in [2.45, 2.75) is 57.6 Å². The van der Waals surface area contributed by atoms with Crippen molar-refractivity contribution in [3.05, 3.63) is 35.4 Å². The minimum Gasteiger partial charge on any atom is -0.377 e. The van der Waals surface area contributed by atoms with Crippen LogP contribution in [0.4, 0.5) is 0 Å². The van der Waals surface area contributed by atoms with Crippen molar-refractivity contribution in [1.82, 2.24) is 5.32 Å². The third-order valence-corrected chi connectivity index (χ3v) is 4.40. The summed E-state index contributed by atoms with van der Waals surface area (Å²) >= 11 is 0. The molecule has 0 spiro atoms. The van der Waals surface area contributed by atoms with Crippen molar-refractivity contribution in [1.29, 1.82) is 0 Å². The number of benzene rings is 1. The molecule has 1 aromatic rings. The first kappa shape index (κ1) is 14.5. The van der Waals surface area contributed by atoms with E-state index in [4.69, 9.17) is 4.74 Å². The topological polar surface area (TPSA) is 21.3 Å². The highest BCUT2D eigenvalue weighted by atomic mass is 16.5. The first-order valence-corrected chi connectivity index (χ1v) is 7.54. The van der Waals surface area contributed by atoms with E-state index in [0.717, 1.165) is 13.0 Å². The van der Waals surface area contributed by atoms with Crippen molar-refractivity contribution < 1.29 is 4.74 Å². The zero-order chi connectivity index (χ0) is 13.7. The first-order chi connectivity index (χ1) is 9.20. The predicted molar refractivity (Wildman–Crippen MR) is 80.6 cm³/mol. The maximum Gasteiger partial charge on any atom is 0.0834 e. The van der Waals surface area contributed by atoms with Crippen LogP contribution in [0.1, 0.15) is 43.7 Å². The highest BCUT2D eigenvalue weighted by molar-refractivity contribution is 5.24. The standard InChI is InChI=1S/C17H27NO/c1-4-11-18-16(17(19-3)9-6-10-17)13-15-8-5-7-14(2)12-15/h5,7-8,12,16,18H,4,6,9-11,13H2,1-3H3. The van der Waals surface area contributed by atoms with Gasteiger partial charge in [0.1, 0.15) is 0 Å². The lowest BCUT2D eigenvalue weighted by molar-refractivity contribution is -0.0980. The number of rotatable bonds is 7. The minimum absolute atomic E-state index is 0.0684. The lowest BCUT2D eigenvalue weighted by atomic mass is 9.72. The van der Waals surface area contributed by atoms with Gasteiger partial charge in [0, 0.05) is 13.2 Å². The van der Waals surface area contributed by atoms with Gasteiger partial charge in [0.05, 0.1) is 5.60 Å². The van der Waals surface area contributed by atoms with Crippen LogP contribution < -0.4 is 5.32 Å². The number of hydrogen-bond acceptors (Lipinski definition) is 2. The summed E-state index contributed by atoms with van der Waals surface area (Å²) in [7, 11) is 1.87. The second-order valence-corrected chi connectivity index (χ2v) is 5.82. The van der Waals surface area contributed by atoms with Crippen LogP contribution >= 0.6 is 0 Å². The third kappa shape index (κ3) is 3.37. The Balaban J connectivity index is 2.09. The molecule has 1 N–H and O–H groups in total. The summed E-state index contributed by atoms with van der Waals surface area (Å²) < 4.78 is 5.87. The van der Waals surface area contributed by atoms with Crippen LogP contribution in [0.3, 0.4) is 0 Å². The Hall–Kier alpha value is -0.860. The van der Waals surface area contributed by atoms with E-state index in [2.05, 4.69) is 43.4 Å². The van der Waals surface area contributed by atoms with Crippen LogP contribution in [-0.4, -0.2) is 25.3 Å². The number of nitrogens with one attached hydrogen (secondary N) is 1. The molecule has 0 bridgehead atoms. The van der Waals surface area contributed by atoms with Gasteiger partial charge in [0.2, 0.25) is 0 Å². The van der Waals surface area contributed by atoms with Gasteiger partial charge in [-0.25, -0.2) is 0 Å². The molecule has 1 aromatic carbocycles. The van der Waals surface area contributed by atoms with Crippen LogP contribution in [0.25, 0.3) is 0 Å². The third-order valence-electron chi connectivity index (χ3n) is 4.40. The largest absolute Gasteiger partial charge is 0.377 e. The average Bonchev–Trinajstić information content (AvgIpc) is 2.35. The first-order valence-electron chi connectivity index (χ1n) is 7.54. The zero-order valence-electron chi connectivity index (χ0n) is 12.5. The number of ether oxygens (including phenoxy) is 1. The van der Waals surface area contributed by atoms with Crippen LogP contribution in [0.15, 0.2) is 24.3 Å². The quantitative estimate of drug-likeness (QED) is 0.811. The van der Waals surface area contributed by atoms with Gasteiger partial charge < -0.3 is 10.1 Å². The van der Waals surface area contributed by atoms with Gasteiger partial charge in [-0.2, -0.15) is 0 Å². The average molecular weight is 261 g/mol. The van der Waals surface area contributed by atoms with E-state index < -0.39 is 0 Å². The second-order valence-electron chi connectivity index (χ2n) is 5.82. The molecule has 0 amide bonds. The Labute approximate surface area is 117 Å². The van der Waals surface area contributed by atoms with Crippen molar-refractivity contribution in [2.75, 3.05) is 13.7 Å². The number of aryl methyl sites for hydroxylation is 1. The lowest BCUT2D eigenvalue weighted by Crippen LogP contribution is -2.57. The molecular weight excluding hydrogens is 234 g/mol. The smallest absolute Gasteiger partial charge is 0.0834 e. The second kappa shape index (κ2) is 6.53. The normalized spacial score (nSPS) is 18.9. The van der Waals surface area contributed by atoms with Crippen molar-refractivity contribution in [2.24, 2.45) is 0 Å². The summed E-state index contributed by atoms with van der Waals surface area (Å²) in [5.74, 6) is 0. The van der Waals surface area contributed by atoms with E-state index in [1.165, 1.54) is 36.8 Å². The molecular formula is C17H27NO. The maximum absolute atomic E-state index is 5.87. The molecule has 1 unspecified atom stereocenters. The summed E-state index contributed by atoms with van der Waals surface area (Å²) in [5, 5.41) is 3.71. The molecule has 19 heavy (non-hydrogen) atoms. The molecule has 1 saturated carbocycles. The van der Waals surface area contributed by atoms with Gasteiger partial charge in [-0.15, -0.1) is 0 Å². The molecule has 1 aliphatic rings. The fraction of sp³-hybridized carbons (Fsp3) is 0.647. The van der Waals surface area contributed by atoms with Crippen LogP contribution in [-0.2, 0) is 11.2 Å². The van der Waals surface area contributed by atoms with E-state index in [-0.39, 0.29) is 5.60 Å². The SMILES string of the molecule is CCCNC(Cc1cccc(C)c1)C1(OC)CCC1. The van der Waals surface area contributed by atoms with Gasteiger partial charge in [-0.3, -0.25) is 0 Å². The number of hydrogen-bond donors (Lipinski definition) is 1. The van der Waals surface area contributed by atoms with Gasteiger partial charge in [0.25, 0.3) is 0 Å². The summed E-state index contributed by atoms with van der Waals surface area (Å²) in [6, 6.07) is 9.28. The maximum atomic E-state index is 5.87. The monoisotopic (exact) mass is 261 g/mol. The van der Waals surface area contributed by atoms with E-state index in [1.807, 2.05) is 7.11 Å². The van der Waals surface area contributed by atoms with Gasteiger partial charge in [-0.05, 0) is 51.1 Å². The molecule has 2 heteroatoms.